The van der Waals surface area contributed by atoms with Crippen molar-refractivity contribution >= 4 is 0 Å². The summed E-state index contributed by atoms with van der Waals surface area (Å²) in [6, 6.07) is 3.00. The summed E-state index contributed by atoms with van der Waals surface area (Å²) in [7, 11) is 2.14. The third-order valence-corrected chi connectivity index (χ3v) is 3.87. The number of ether oxygens (including phenoxy) is 1. The number of rotatable bonds is 7. The molecular weight excluding hydrogens is 226 g/mol. The Morgan fingerprint density at radius 1 is 1.50 bits per heavy atom. The maximum Gasteiger partial charge on any atom is 0.108 e. The number of nitrogens with one attached hydrogen (secondary N) is 1. The van der Waals surface area contributed by atoms with Gasteiger partial charge in [-0.2, -0.15) is 5.26 Å². The molecule has 0 bridgehead atoms. The van der Waals surface area contributed by atoms with Crippen molar-refractivity contribution in [3.8, 4) is 6.07 Å². The van der Waals surface area contributed by atoms with Crippen LogP contribution in [0.4, 0.5) is 0 Å². The van der Waals surface area contributed by atoms with E-state index >= 15 is 0 Å². The van der Waals surface area contributed by atoms with Gasteiger partial charge < -0.3 is 9.64 Å². The van der Waals surface area contributed by atoms with Crippen molar-refractivity contribution in [2.24, 2.45) is 0 Å². The van der Waals surface area contributed by atoms with Crippen molar-refractivity contribution in [2.75, 3.05) is 33.4 Å². The monoisotopic (exact) mass is 253 g/mol. The van der Waals surface area contributed by atoms with E-state index in [0.29, 0.717) is 6.04 Å². The number of nitriles is 1. The molecule has 0 spiro atoms. The van der Waals surface area contributed by atoms with Crippen LogP contribution in [0.3, 0.4) is 0 Å². The van der Waals surface area contributed by atoms with E-state index in [1.807, 2.05) is 6.92 Å². The summed E-state index contributed by atoms with van der Waals surface area (Å²) in [5.41, 5.74) is -0.308. The van der Waals surface area contributed by atoms with E-state index in [2.05, 4.69) is 30.3 Å². The molecule has 1 saturated carbocycles. The fourth-order valence-corrected chi connectivity index (χ4v) is 2.80. The predicted molar refractivity (Wildman–Crippen MR) is 73.4 cm³/mol. The minimum atomic E-state index is -0.308. The van der Waals surface area contributed by atoms with E-state index in [1.165, 1.54) is 6.42 Å². The van der Waals surface area contributed by atoms with Gasteiger partial charge in [0.25, 0.3) is 0 Å². The standard InChI is InChI=1S/C14H27N3O/c1-4-16-14(12-15)8-6-7-13(11-14)17(3)9-10-18-5-2/h13,16H,4-11H2,1-3H3. The first-order valence-electron chi connectivity index (χ1n) is 7.11. The summed E-state index contributed by atoms with van der Waals surface area (Å²) in [6.45, 7) is 7.46. The fourth-order valence-electron chi connectivity index (χ4n) is 2.80. The van der Waals surface area contributed by atoms with Crippen LogP contribution in [0.1, 0.15) is 39.5 Å². The first kappa shape index (κ1) is 15.4. The normalized spacial score (nSPS) is 28.3. The van der Waals surface area contributed by atoms with E-state index in [4.69, 9.17) is 4.74 Å². The number of likely N-dealkylation sites (N-methyl/N-ethyl adjacent to an activating group) is 1. The molecule has 0 amide bonds. The fraction of sp³-hybridized carbons (Fsp3) is 0.929. The summed E-state index contributed by atoms with van der Waals surface area (Å²) in [6.07, 6.45) is 4.23. The summed E-state index contributed by atoms with van der Waals surface area (Å²) in [4.78, 5) is 2.35. The molecule has 0 saturated heterocycles. The Morgan fingerprint density at radius 3 is 2.89 bits per heavy atom. The van der Waals surface area contributed by atoms with Gasteiger partial charge in [-0.3, -0.25) is 5.32 Å². The quantitative estimate of drug-likeness (QED) is 0.703. The highest BCUT2D eigenvalue weighted by molar-refractivity contribution is 5.10. The highest BCUT2D eigenvalue weighted by atomic mass is 16.5. The average molecular weight is 253 g/mol. The molecule has 2 atom stereocenters. The predicted octanol–water partition coefficient (Wildman–Crippen LogP) is 1.77. The van der Waals surface area contributed by atoms with Gasteiger partial charge in [-0.05, 0) is 46.2 Å². The lowest BCUT2D eigenvalue weighted by molar-refractivity contribution is 0.0856. The van der Waals surface area contributed by atoms with Gasteiger partial charge in [0.2, 0.25) is 0 Å². The van der Waals surface area contributed by atoms with Crippen LogP contribution in [-0.4, -0.2) is 49.8 Å². The van der Waals surface area contributed by atoms with Gasteiger partial charge in [0.05, 0.1) is 12.7 Å². The van der Waals surface area contributed by atoms with Crippen LogP contribution in [0, 0.1) is 11.3 Å². The summed E-state index contributed by atoms with van der Waals surface area (Å²) in [5, 5.41) is 12.8. The Hall–Kier alpha value is -0.630. The van der Waals surface area contributed by atoms with Gasteiger partial charge in [-0.15, -0.1) is 0 Å². The molecule has 1 aliphatic carbocycles. The second-order valence-electron chi connectivity index (χ2n) is 5.15. The molecule has 0 aromatic rings. The maximum atomic E-state index is 9.43. The highest BCUT2D eigenvalue weighted by Gasteiger charge is 2.37. The van der Waals surface area contributed by atoms with Crippen molar-refractivity contribution < 1.29 is 4.74 Å². The Labute approximate surface area is 111 Å². The van der Waals surface area contributed by atoms with Crippen molar-refractivity contribution in [2.45, 2.75) is 51.1 Å². The van der Waals surface area contributed by atoms with Crippen LogP contribution in [0.5, 0.6) is 0 Å². The van der Waals surface area contributed by atoms with Crippen molar-refractivity contribution in [3.63, 3.8) is 0 Å². The molecular formula is C14H27N3O. The maximum absolute atomic E-state index is 9.43. The highest BCUT2D eigenvalue weighted by Crippen LogP contribution is 2.30. The van der Waals surface area contributed by atoms with Crippen LogP contribution in [-0.2, 0) is 4.74 Å². The van der Waals surface area contributed by atoms with Gasteiger partial charge >= 0.3 is 0 Å². The lowest BCUT2D eigenvalue weighted by atomic mass is 9.79. The molecule has 1 aliphatic rings. The minimum absolute atomic E-state index is 0.308. The first-order chi connectivity index (χ1) is 8.67. The molecule has 1 N–H and O–H groups in total. The number of hydrogen-bond acceptors (Lipinski definition) is 4. The smallest absolute Gasteiger partial charge is 0.108 e. The third kappa shape index (κ3) is 4.24. The molecule has 0 heterocycles. The number of nitrogens with zero attached hydrogens (tertiary/aromatic N) is 2. The van der Waals surface area contributed by atoms with Gasteiger partial charge in [-0.1, -0.05) is 6.92 Å². The Balaban J connectivity index is 2.49. The van der Waals surface area contributed by atoms with Gasteiger partial charge in [0, 0.05) is 19.2 Å². The number of hydrogen-bond donors (Lipinski definition) is 1. The summed E-state index contributed by atoms with van der Waals surface area (Å²) in [5.74, 6) is 0. The van der Waals surface area contributed by atoms with E-state index in [-0.39, 0.29) is 5.54 Å². The van der Waals surface area contributed by atoms with Crippen LogP contribution in [0.25, 0.3) is 0 Å². The zero-order valence-electron chi connectivity index (χ0n) is 12.0. The molecule has 4 heteroatoms. The average Bonchev–Trinajstić information content (AvgIpc) is 2.39. The molecule has 2 unspecified atom stereocenters. The lowest BCUT2D eigenvalue weighted by Crippen LogP contribution is -2.52. The van der Waals surface area contributed by atoms with Gasteiger partial charge in [-0.25, -0.2) is 0 Å². The molecule has 18 heavy (non-hydrogen) atoms. The SMILES string of the molecule is CCNC1(C#N)CCCC(N(C)CCOCC)C1. The molecule has 104 valence electrons. The summed E-state index contributed by atoms with van der Waals surface area (Å²) >= 11 is 0. The Kier molecular flexibility index (Phi) is 6.62. The molecule has 0 aliphatic heterocycles. The Morgan fingerprint density at radius 2 is 2.28 bits per heavy atom. The topological polar surface area (TPSA) is 48.3 Å². The molecule has 1 rings (SSSR count). The second-order valence-corrected chi connectivity index (χ2v) is 5.15. The molecule has 0 aromatic heterocycles. The van der Waals surface area contributed by atoms with E-state index in [9.17, 15) is 5.26 Å². The van der Waals surface area contributed by atoms with Crippen LogP contribution in [0.2, 0.25) is 0 Å². The van der Waals surface area contributed by atoms with Crippen molar-refractivity contribution in [3.05, 3.63) is 0 Å². The molecule has 0 aromatic carbocycles. The first-order valence-corrected chi connectivity index (χ1v) is 7.11. The van der Waals surface area contributed by atoms with Crippen molar-refractivity contribution in [1.29, 1.82) is 5.26 Å². The largest absolute Gasteiger partial charge is 0.380 e. The minimum Gasteiger partial charge on any atom is -0.380 e. The van der Waals surface area contributed by atoms with Crippen LogP contribution < -0.4 is 5.32 Å². The van der Waals surface area contributed by atoms with E-state index in [0.717, 1.165) is 45.6 Å². The zero-order valence-corrected chi connectivity index (χ0v) is 12.0. The van der Waals surface area contributed by atoms with Crippen molar-refractivity contribution in [1.82, 2.24) is 10.2 Å². The van der Waals surface area contributed by atoms with Gasteiger partial charge in [0.15, 0.2) is 0 Å². The Bertz CT molecular complexity index is 273. The van der Waals surface area contributed by atoms with E-state index in [1.54, 1.807) is 0 Å². The summed E-state index contributed by atoms with van der Waals surface area (Å²) < 4.78 is 5.40. The molecule has 1 fully saturated rings. The molecule has 0 radical (unpaired) electrons. The molecule has 4 nitrogen and oxygen atoms in total. The lowest BCUT2D eigenvalue weighted by Gasteiger charge is -2.40. The third-order valence-electron chi connectivity index (χ3n) is 3.87. The van der Waals surface area contributed by atoms with Gasteiger partial charge in [0.1, 0.15) is 5.54 Å². The van der Waals surface area contributed by atoms with E-state index < -0.39 is 0 Å². The second kappa shape index (κ2) is 7.73. The van der Waals surface area contributed by atoms with Crippen LogP contribution >= 0.6 is 0 Å². The van der Waals surface area contributed by atoms with Crippen LogP contribution in [0.15, 0.2) is 0 Å². The zero-order chi connectivity index (χ0) is 13.4.